The molecule has 150 valence electrons. The van der Waals surface area contributed by atoms with Gasteiger partial charge in [-0.05, 0) is 31.9 Å². The first-order valence-electron chi connectivity index (χ1n) is 9.26. The minimum Gasteiger partial charge on any atom is -0.444 e. The van der Waals surface area contributed by atoms with Crippen molar-refractivity contribution in [2.24, 2.45) is 4.99 Å². The Morgan fingerprint density at radius 1 is 1.15 bits per heavy atom. The van der Waals surface area contributed by atoms with Gasteiger partial charge < -0.3 is 19.8 Å². The number of oxazole rings is 1. The molecule has 0 fully saturated rings. The van der Waals surface area contributed by atoms with Crippen molar-refractivity contribution in [1.29, 1.82) is 0 Å². The van der Waals surface area contributed by atoms with Crippen LogP contribution in [0, 0.1) is 6.92 Å². The summed E-state index contributed by atoms with van der Waals surface area (Å²) in [6.45, 7) is 7.22. The second-order valence-corrected chi connectivity index (χ2v) is 6.18. The van der Waals surface area contributed by atoms with Gasteiger partial charge in [0.15, 0.2) is 5.96 Å². The lowest BCUT2D eigenvalue weighted by atomic mass is 10.1. The maximum Gasteiger partial charge on any atom is 0.226 e. The standard InChI is InChI=1S/C20H30N4O2.HI/c1-4-5-12-25-13-6-11-22-20(21-3)23-14-18-15-26-19(24-18)17-9-7-16(2)8-10-17;/h7-10,15H,4-6,11-14H2,1-3H3,(H2,21,22,23);1H. The molecule has 0 aliphatic carbocycles. The van der Waals surface area contributed by atoms with Gasteiger partial charge in [0.25, 0.3) is 0 Å². The van der Waals surface area contributed by atoms with Crippen LogP contribution in [0.25, 0.3) is 11.5 Å². The van der Waals surface area contributed by atoms with Gasteiger partial charge in [0.1, 0.15) is 6.26 Å². The van der Waals surface area contributed by atoms with Crippen LogP contribution in [0.15, 0.2) is 39.9 Å². The first kappa shape index (κ1) is 23.4. The normalized spacial score (nSPS) is 11.1. The molecule has 0 spiro atoms. The molecule has 1 aromatic carbocycles. The van der Waals surface area contributed by atoms with Gasteiger partial charge in [-0.25, -0.2) is 4.98 Å². The Bertz CT molecular complexity index is 671. The van der Waals surface area contributed by atoms with E-state index in [1.54, 1.807) is 13.3 Å². The van der Waals surface area contributed by atoms with Gasteiger partial charge >= 0.3 is 0 Å². The van der Waals surface area contributed by atoms with E-state index in [0.29, 0.717) is 12.4 Å². The van der Waals surface area contributed by atoms with Crippen molar-refractivity contribution in [1.82, 2.24) is 15.6 Å². The summed E-state index contributed by atoms with van der Waals surface area (Å²) in [4.78, 5) is 8.74. The minimum atomic E-state index is 0. The Balaban J connectivity index is 0.00000364. The second-order valence-electron chi connectivity index (χ2n) is 6.18. The molecular formula is C20H31IN4O2. The van der Waals surface area contributed by atoms with Crippen molar-refractivity contribution in [2.75, 3.05) is 26.8 Å². The van der Waals surface area contributed by atoms with E-state index in [0.717, 1.165) is 49.8 Å². The number of ether oxygens (including phenoxy) is 1. The van der Waals surface area contributed by atoms with Crippen LogP contribution < -0.4 is 10.6 Å². The fraction of sp³-hybridized carbons (Fsp3) is 0.500. The van der Waals surface area contributed by atoms with Gasteiger partial charge in [0.05, 0.1) is 12.2 Å². The highest BCUT2D eigenvalue weighted by molar-refractivity contribution is 14.0. The summed E-state index contributed by atoms with van der Waals surface area (Å²) in [6.07, 6.45) is 4.92. The monoisotopic (exact) mass is 486 g/mol. The molecule has 6 nitrogen and oxygen atoms in total. The van der Waals surface area contributed by atoms with Crippen LogP contribution in [0.2, 0.25) is 0 Å². The lowest BCUT2D eigenvalue weighted by Gasteiger charge is -2.10. The lowest BCUT2D eigenvalue weighted by Crippen LogP contribution is -2.37. The van der Waals surface area contributed by atoms with E-state index < -0.39 is 0 Å². The summed E-state index contributed by atoms with van der Waals surface area (Å²) in [5.41, 5.74) is 3.03. The molecule has 1 aromatic heterocycles. The Labute approximate surface area is 179 Å². The van der Waals surface area contributed by atoms with Crippen LogP contribution in [0.4, 0.5) is 0 Å². The first-order chi connectivity index (χ1) is 12.7. The SMILES string of the molecule is CCCCOCCCNC(=NC)NCc1coc(-c2ccc(C)cc2)n1.I. The summed E-state index contributed by atoms with van der Waals surface area (Å²) in [6, 6.07) is 8.13. The first-order valence-corrected chi connectivity index (χ1v) is 9.26. The van der Waals surface area contributed by atoms with Crippen molar-refractivity contribution in [3.8, 4) is 11.5 Å². The zero-order chi connectivity index (χ0) is 18.6. The van der Waals surface area contributed by atoms with E-state index in [9.17, 15) is 0 Å². The van der Waals surface area contributed by atoms with Crippen molar-refractivity contribution in [3.63, 3.8) is 0 Å². The number of aliphatic imine (C=N–C) groups is 1. The van der Waals surface area contributed by atoms with Crippen LogP contribution in [0.3, 0.4) is 0 Å². The highest BCUT2D eigenvalue weighted by Gasteiger charge is 2.07. The number of aryl methyl sites for hydroxylation is 1. The van der Waals surface area contributed by atoms with E-state index in [-0.39, 0.29) is 24.0 Å². The van der Waals surface area contributed by atoms with Crippen LogP contribution >= 0.6 is 24.0 Å². The van der Waals surface area contributed by atoms with Gasteiger partial charge in [-0.1, -0.05) is 31.0 Å². The molecule has 2 N–H and O–H groups in total. The van der Waals surface area contributed by atoms with E-state index in [2.05, 4.69) is 46.6 Å². The molecule has 7 heteroatoms. The molecule has 2 aromatic rings. The Hall–Kier alpha value is -1.61. The molecule has 0 bridgehead atoms. The van der Waals surface area contributed by atoms with Crippen molar-refractivity contribution in [2.45, 2.75) is 39.7 Å². The smallest absolute Gasteiger partial charge is 0.226 e. The molecule has 0 aliphatic heterocycles. The van der Waals surface area contributed by atoms with E-state index >= 15 is 0 Å². The molecule has 0 atom stereocenters. The fourth-order valence-corrected chi connectivity index (χ4v) is 2.34. The molecule has 1 heterocycles. The molecule has 0 radical (unpaired) electrons. The number of guanidine groups is 1. The predicted molar refractivity (Wildman–Crippen MR) is 121 cm³/mol. The summed E-state index contributed by atoms with van der Waals surface area (Å²) >= 11 is 0. The second kappa shape index (κ2) is 13.5. The van der Waals surface area contributed by atoms with Crippen molar-refractivity contribution in [3.05, 3.63) is 41.8 Å². The number of nitrogens with zero attached hydrogens (tertiary/aromatic N) is 2. The van der Waals surface area contributed by atoms with Crippen LogP contribution in [-0.4, -0.2) is 37.7 Å². The third-order valence-corrected chi connectivity index (χ3v) is 3.91. The van der Waals surface area contributed by atoms with Crippen LogP contribution in [0.5, 0.6) is 0 Å². The van der Waals surface area contributed by atoms with Gasteiger partial charge in [-0.3, -0.25) is 4.99 Å². The summed E-state index contributed by atoms with van der Waals surface area (Å²) in [7, 11) is 1.76. The zero-order valence-corrected chi connectivity index (χ0v) is 18.8. The average molecular weight is 486 g/mol. The number of unbranched alkanes of at least 4 members (excludes halogenated alkanes) is 1. The highest BCUT2D eigenvalue weighted by Crippen LogP contribution is 2.18. The quantitative estimate of drug-likeness (QED) is 0.229. The van der Waals surface area contributed by atoms with E-state index in [4.69, 9.17) is 9.15 Å². The zero-order valence-electron chi connectivity index (χ0n) is 16.5. The number of hydrogen-bond acceptors (Lipinski definition) is 4. The van der Waals surface area contributed by atoms with Crippen molar-refractivity contribution < 1.29 is 9.15 Å². The topological polar surface area (TPSA) is 71.7 Å². The third kappa shape index (κ3) is 8.75. The van der Waals surface area contributed by atoms with E-state index in [1.165, 1.54) is 12.0 Å². The molecule has 27 heavy (non-hydrogen) atoms. The Morgan fingerprint density at radius 2 is 1.89 bits per heavy atom. The summed E-state index contributed by atoms with van der Waals surface area (Å²) in [5.74, 6) is 1.38. The number of benzene rings is 1. The third-order valence-electron chi connectivity index (χ3n) is 3.91. The van der Waals surface area contributed by atoms with Crippen molar-refractivity contribution >= 4 is 29.9 Å². The number of aromatic nitrogens is 1. The molecule has 0 saturated carbocycles. The average Bonchev–Trinajstić information content (AvgIpc) is 3.13. The summed E-state index contributed by atoms with van der Waals surface area (Å²) < 4.78 is 11.1. The number of hydrogen-bond donors (Lipinski definition) is 2. The molecule has 2 rings (SSSR count). The van der Waals surface area contributed by atoms with Gasteiger partial charge in [0, 0.05) is 32.4 Å². The predicted octanol–water partition coefficient (Wildman–Crippen LogP) is 4.14. The minimum absolute atomic E-state index is 0. The fourth-order valence-electron chi connectivity index (χ4n) is 2.34. The van der Waals surface area contributed by atoms with Gasteiger partial charge in [0.2, 0.25) is 5.89 Å². The molecular weight excluding hydrogens is 455 g/mol. The van der Waals surface area contributed by atoms with Crippen LogP contribution in [0.1, 0.15) is 37.4 Å². The summed E-state index contributed by atoms with van der Waals surface area (Å²) in [5, 5.41) is 6.52. The molecule has 0 amide bonds. The van der Waals surface area contributed by atoms with Gasteiger partial charge in [-0.15, -0.1) is 24.0 Å². The maximum atomic E-state index is 5.57. The molecule has 0 unspecified atom stereocenters. The highest BCUT2D eigenvalue weighted by atomic mass is 127. The molecule has 0 saturated heterocycles. The lowest BCUT2D eigenvalue weighted by molar-refractivity contribution is 0.129. The maximum absolute atomic E-state index is 5.57. The number of rotatable bonds is 10. The van der Waals surface area contributed by atoms with Gasteiger partial charge in [-0.2, -0.15) is 0 Å². The largest absolute Gasteiger partial charge is 0.444 e. The molecule has 0 aliphatic rings. The Kier molecular flexibility index (Phi) is 11.8. The van der Waals surface area contributed by atoms with E-state index in [1.807, 2.05) is 12.1 Å². The van der Waals surface area contributed by atoms with Crippen LogP contribution in [-0.2, 0) is 11.3 Å². The number of halogens is 1. The Morgan fingerprint density at radius 3 is 2.59 bits per heavy atom. The number of nitrogens with one attached hydrogen (secondary N) is 2.